The van der Waals surface area contributed by atoms with Crippen molar-refractivity contribution in [2.45, 2.75) is 57.1 Å². The molecule has 0 fully saturated rings. The highest BCUT2D eigenvalue weighted by atomic mass is 16.5. The van der Waals surface area contributed by atoms with Gasteiger partial charge in [-0.1, -0.05) is 76.2 Å². The minimum absolute atomic E-state index is 0.194. The molecule has 268 valence electrons. The topological polar surface area (TPSA) is 37.4 Å². The van der Waals surface area contributed by atoms with E-state index in [9.17, 15) is 0 Å². The number of ether oxygens (including phenoxy) is 3. The maximum Gasteiger partial charge on any atom is 0.169 e. The second kappa shape index (κ2) is 13.4. The van der Waals surface area contributed by atoms with Gasteiger partial charge in [0.1, 0.15) is 11.5 Å². The predicted molar refractivity (Wildman–Crippen MR) is 215 cm³/mol. The van der Waals surface area contributed by atoms with E-state index < -0.39 is 5.72 Å². The monoisotopic (exact) mass is 693 g/mol. The molecule has 0 N–H and O–H groups in total. The summed E-state index contributed by atoms with van der Waals surface area (Å²) < 4.78 is 17.8. The molecule has 3 aliphatic rings. The molecule has 6 heteroatoms. The molecule has 0 bridgehead atoms. The van der Waals surface area contributed by atoms with Gasteiger partial charge < -0.3 is 28.9 Å². The third-order valence-corrected chi connectivity index (χ3v) is 11.7. The number of nitrogens with zero attached hydrogens (tertiary/aromatic N) is 3. The van der Waals surface area contributed by atoms with Crippen molar-refractivity contribution in [2.75, 3.05) is 50.1 Å². The van der Waals surface area contributed by atoms with Crippen molar-refractivity contribution in [1.29, 1.82) is 0 Å². The fourth-order valence-electron chi connectivity index (χ4n) is 8.73. The molecule has 4 aromatic rings. The third-order valence-electron chi connectivity index (χ3n) is 11.7. The molecule has 0 saturated heterocycles. The first-order valence-electron chi connectivity index (χ1n) is 18.1. The van der Waals surface area contributed by atoms with E-state index in [1.807, 2.05) is 19.2 Å². The van der Waals surface area contributed by atoms with Gasteiger partial charge in [-0.2, -0.15) is 0 Å². The van der Waals surface area contributed by atoms with Gasteiger partial charge in [-0.05, 0) is 108 Å². The molecule has 6 nitrogen and oxygen atoms in total. The van der Waals surface area contributed by atoms with Gasteiger partial charge in [0.15, 0.2) is 5.72 Å². The van der Waals surface area contributed by atoms with Gasteiger partial charge in [-0.3, -0.25) is 0 Å². The number of fused-ring (bicyclic) bond motifs is 2. The standard InChI is InChI=1S/C46H51N3O3/c1-44(2)38-30-36(50-7)23-25-40(38)47(5)42(44)27-22-32-20-21-33(43(32)49(34-16-12-10-13-17-34)35-18-14-11-15-19-35)28-29-46(52-9)45(3,4)39-31-37(51-8)24-26-41(39)48(46)6/h10-19,22-31H,20-21H2,1-9H3. The number of anilines is 4. The molecular formula is C46H51N3O3. The van der Waals surface area contributed by atoms with Gasteiger partial charge in [0.05, 0.1) is 19.9 Å². The van der Waals surface area contributed by atoms with E-state index in [2.05, 4.69) is 166 Å². The number of para-hydroxylation sites is 2. The Labute approximate surface area is 309 Å². The fraction of sp³-hybridized carbons (Fsp3) is 0.304. The lowest BCUT2D eigenvalue weighted by molar-refractivity contribution is -0.0129. The number of likely N-dealkylation sites (N-methyl/N-ethyl adjacent to an activating group) is 2. The van der Waals surface area contributed by atoms with Crippen molar-refractivity contribution in [3.63, 3.8) is 0 Å². The average molecular weight is 694 g/mol. The lowest BCUT2D eigenvalue weighted by Gasteiger charge is -2.43. The predicted octanol–water partition coefficient (Wildman–Crippen LogP) is 10.5. The Balaban J connectivity index is 1.39. The highest BCUT2D eigenvalue weighted by molar-refractivity contribution is 5.76. The third kappa shape index (κ3) is 5.52. The molecule has 0 saturated carbocycles. The number of hydrogen-bond acceptors (Lipinski definition) is 6. The van der Waals surface area contributed by atoms with E-state index in [1.54, 1.807) is 14.2 Å². The minimum atomic E-state index is -0.720. The summed E-state index contributed by atoms with van der Waals surface area (Å²) in [4.78, 5) is 7.01. The van der Waals surface area contributed by atoms with Crippen molar-refractivity contribution >= 4 is 22.7 Å². The Morgan fingerprint density at radius 1 is 0.673 bits per heavy atom. The van der Waals surface area contributed by atoms with Crippen LogP contribution in [0, 0.1) is 0 Å². The van der Waals surface area contributed by atoms with Gasteiger partial charge in [-0.15, -0.1) is 0 Å². The summed E-state index contributed by atoms with van der Waals surface area (Å²) in [6, 6.07) is 34.1. The number of rotatable bonds is 9. The number of allylic oxidation sites excluding steroid dienone is 6. The van der Waals surface area contributed by atoms with E-state index in [-0.39, 0.29) is 10.8 Å². The van der Waals surface area contributed by atoms with Gasteiger partial charge in [0.2, 0.25) is 0 Å². The van der Waals surface area contributed by atoms with Crippen LogP contribution in [0.5, 0.6) is 11.5 Å². The maximum atomic E-state index is 6.55. The largest absolute Gasteiger partial charge is 0.497 e. The molecule has 2 aliphatic heterocycles. The van der Waals surface area contributed by atoms with Crippen LogP contribution in [0.4, 0.5) is 22.7 Å². The zero-order valence-corrected chi connectivity index (χ0v) is 32.0. The zero-order valence-electron chi connectivity index (χ0n) is 32.0. The molecule has 52 heavy (non-hydrogen) atoms. The van der Waals surface area contributed by atoms with Crippen molar-refractivity contribution in [1.82, 2.24) is 0 Å². The van der Waals surface area contributed by atoms with Gasteiger partial charge >= 0.3 is 0 Å². The van der Waals surface area contributed by atoms with E-state index in [1.165, 1.54) is 39.4 Å². The van der Waals surface area contributed by atoms with Crippen LogP contribution in [-0.4, -0.2) is 41.1 Å². The van der Waals surface area contributed by atoms with Crippen LogP contribution in [0.1, 0.15) is 51.7 Å². The summed E-state index contributed by atoms with van der Waals surface area (Å²) in [5.41, 5.74) is 10.8. The quantitative estimate of drug-likeness (QED) is 0.174. The van der Waals surface area contributed by atoms with E-state index >= 15 is 0 Å². The first-order valence-corrected chi connectivity index (χ1v) is 18.1. The van der Waals surface area contributed by atoms with Crippen LogP contribution in [0.2, 0.25) is 0 Å². The molecule has 0 spiro atoms. The minimum Gasteiger partial charge on any atom is -0.497 e. The zero-order chi connectivity index (χ0) is 36.8. The molecule has 2 heterocycles. The summed E-state index contributed by atoms with van der Waals surface area (Å²) >= 11 is 0. The van der Waals surface area contributed by atoms with Crippen LogP contribution in [0.25, 0.3) is 0 Å². The highest BCUT2D eigenvalue weighted by Gasteiger charge is 2.55. The first kappa shape index (κ1) is 35.2. The average Bonchev–Trinajstić information content (AvgIpc) is 3.70. The summed E-state index contributed by atoms with van der Waals surface area (Å²) in [7, 11) is 9.57. The molecule has 7 rings (SSSR count). The van der Waals surface area contributed by atoms with Crippen molar-refractivity contribution in [3.05, 3.63) is 155 Å². The molecule has 1 atom stereocenters. The Morgan fingerprint density at radius 3 is 1.83 bits per heavy atom. The van der Waals surface area contributed by atoms with E-state index in [0.717, 1.165) is 41.4 Å². The molecule has 0 radical (unpaired) electrons. The second-order valence-electron chi connectivity index (χ2n) is 15.0. The SMILES string of the molecule is COc1ccc2c(c1)C(C)(C)C(=CC=C1CCC(C=CC3(OC)N(C)c4ccc(OC)cc4C3(C)C)=C1N(c1ccccc1)c1ccccc1)N2C. The van der Waals surface area contributed by atoms with Crippen LogP contribution < -0.4 is 24.2 Å². The number of benzene rings is 4. The molecule has 1 aliphatic carbocycles. The van der Waals surface area contributed by atoms with Crippen molar-refractivity contribution in [3.8, 4) is 11.5 Å². The smallest absolute Gasteiger partial charge is 0.169 e. The van der Waals surface area contributed by atoms with Crippen LogP contribution in [0.15, 0.2) is 144 Å². The fourth-order valence-corrected chi connectivity index (χ4v) is 8.73. The van der Waals surface area contributed by atoms with Crippen molar-refractivity contribution in [2.24, 2.45) is 0 Å². The van der Waals surface area contributed by atoms with Crippen LogP contribution >= 0.6 is 0 Å². The highest BCUT2D eigenvalue weighted by Crippen LogP contribution is 2.54. The Bertz CT molecular complexity index is 2050. The lowest BCUT2D eigenvalue weighted by atomic mass is 9.77. The summed E-state index contributed by atoms with van der Waals surface area (Å²) in [6.45, 7) is 9.13. The Morgan fingerprint density at radius 2 is 1.25 bits per heavy atom. The van der Waals surface area contributed by atoms with Gasteiger partial charge in [0, 0.05) is 60.5 Å². The maximum absolute atomic E-state index is 6.55. The van der Waals surface area contributed by atoms with E-state index in [4.69, 9.17) is 14.2 Å². The molecule has 1 unspecified atom stereocenters. The van der Waals surface area contributed by atoms with Crippen LogP contribution in [-0.2, 0) is 15.6 Å². The molecule has 4 aromatic carbocycles. The van der Waals surface area contributed by atoms with Gasteiger partial charge in [-0.25, -0.2) is 0 Å². The van der Waals surface area contributed by atoms with Crippen molar-refractivity contribution < 1.29 is 14.2 Å². The summed E-state index contributed by atoms with van der Waals surface area (Å²) in [5, 5.41) is 0. The molecule has 0 amide bonds. The number of hydrogen-bond donors (Lipinski definition) is 0. The second-order valence-corrected chi connectivity index (χ2v) is 15.0. The van der Waals surface area contributed by atoms with Crippen LogP contribution in [0.3, 0.4) is 0 Å². The molecular weight excluding hydrogens is 643 g/mol. The summed E-state index contributed by atoms with van der Waals surface area (Å²) in [6.07, 6.45) is 11.1. The Kier molecular flexibility index (Phi) is 9.08. The normalized spacial score (nSPS) is 21.7. The van der Waals surface area contributed by atoms with Gasteiger partial charge in [0.25, 0.3) is 0 Å². The first-order chi connectivity index (χ1) is 25.0. The number of methoxy groups -OCH3 is 3. The lowest BCUT2D eigenvalue weighted by Crippen LogP contribution is -2.54. The Hall–Kier alpha value is -5.20. The summed E-state index contributed by atoms with van der Waals surface area (Å²) in [5.74, 6) is 1.73. The van der Waals surface area contributed by atoms with E-state index in [0.29, 0.717) is 0 Å². The molecule has 0 aromatic heterocycles.